The number of carbonyl (C=O) groups excluding carboxylic acids is 1. The Kier molecular flexibility index (Phi) is 7.65. The molecule has 0 aromatic rings. The molecule has 0 saturated carbocycles. The maximum Gasteiger partial charge on any atom is 0.179 e. The van der Waals surface area contributed by atoms with Gasteiger partial charge in [-0.05, 0) is 18.6 Å². The lowest BCUT2D eigenvalue weighted by Crippen LogP contribution is -2.38. The predicted molar refractivity (Wildman–Crippen MR) is 85.9 cm³/mol. The van der Waals surface area contributed by atoms with Gasteiger partial charge in [-0.3, -0.25) is 4.79 Å². The topological polar surface area (TPSA) is 35.5 Å². The quantitative estimate of drug-likeness (QED) is 0.424. The summed E-state index contributed by atoms with van der Waals surface area (Å²) < 4.78 is 11.4. The molecule has 0 aromatic carbocycles. The molecule has 1 saturated heterocycles. The third-order valence-corrected chi connectivity index (χ3v) is 2.84. The van der Waals surface area contributed by atoms with Crippen LogP contribution in [0.1, 0.15) is 20.8 Å². The van der Waals surface area contributed by atoms with Crippen molar-refractivity contribution in [2.24, 2.45) is 5.41 Å². The maximum absolute atomic E-state index is 10.0. The molecule has 21 heavy (non-hydrogen) atoms. The van der Waals surface area contributed by atoms with Gasteiger partial charge in [-0.2, -0.15) is 0 Å². The minimum atomic E-state index is -0.236. The van der Waals surface area contributed by atoms with Gasteiger partial charge in [-0.25, -0.2) is 0 Å². The van der Waals surface area contributed by atoms with Crippen molar-refractivity contribution >= 4 is 6.29 Å². The highest BCUT2D eigenvalue weighted by Crippen LogP contribution is 2.25. The van der Waals surface area contributed by atoms with E-state index in [-0.39, 0.29) is 11.7 Å². The number of ether oxygens (including phenoxy) is 2. The summed E-state index contributed by atoms with van der Waals surface area (Å²) in [6, 6.07) is 0. The molecular formula is C18H24O3. The van der Waals surface area contributed by atoms with E-state index < -0.39 is 0 Å². The molecule has 0 unspecified atom stereocenters. The van der Waals surface area contributed by atoms with Gasteiger partial charge in [0.15, 0.2) is 6.29 Å². The number of allylic oxidation sites excluding steroid dienone is 9. The SMILES string of the molecule is CC(=CC=CC=CC=CC=CC=O)C1OCC(C)(C)CO1. The lowest BCUT2D eigenvalue weighted by molar-refractivity contribution is -0.202. The van der Waals surface area contributed by atoms with E-state index in [1.807, 2.05) is 43.4 Å². The highest BCUT2D eigenvalue weighted by atomic mass is 16.7. The first-order chi connectivity index (χ1) is 10.0. The molecule has 114 valence electrons. The van der Waals surface area contributed by atoms with Gasteiger partial charge in [0.05, 0.1) is 13.2 Å². The van der Waals surface area contributed by atoms with E-state index in [0.29, 0.717) is 13.2 Å². The molecule has 0 aromatic heterocycles. The first-order valence-electron chi connectivity index (χ1n) is 7.07. The van der Waals surface area contributed by atoms with Gasteiger partial charge in [0.1, 0.15) is 6.29 Å². The Morgan fingerprint density at radius 1 is 0.905 bits per heavy atom. The Hall–Kier alpha value is -1.71. The summed E-state index contributed by atoms with van der Waals surface area (Å²) >= 11 is 0. The van der Waals surface area contributed by atoms with Crippen LogP contribution in [0, 0.1) is 5.41 Å². The predicted octanol–water partition coefficient (Wildman–Crippen LogP) is 3.76. The first kappa shape index (κ1) is 17.3. The van der Waals surface area contributed by atoms with Gasteiger partial charge in [-0.1, -0.05) is 62.5 Å². The standard InChI is InChI=1S/C18H24O3/c1-16(17-20-14-18(2,3)15-21-17)12-10-8-6-4-5-7-9-11-13-19/h4-13,17H,14-15H2,1-3H3. The molecule has 3 heteroatoms. The Balaban J connectivity index is 2.36. The largest absolute Gasteiger partial charge is 0.348 e. The highest BCUT2D eigenvalue weighted by Gasteiger charge is 2.28. The van der Waals surface area contributed by atoms with E-state index in [1.54, 1.807) is 12.2 Å². The number of hydrogen-bond donors (Lipinski definition) is 0. The van der Waals surface area contributed by atoms with E-state index in [1.165, 1.54) is 6.08 Å². The molecule has 0 N–H and O–H groups in total. The van der Waals surface area contributed by atoms with Gasteiger partial charge >= 0.3 is 0 Å². The van der Waals surface area contributed by atoms with E-state index >= 15 is 0 Å². The van der Waals surface area contributed by atoms with Crippen LogP contribution in [0.3, 0.4) is 0 Å². The number of rotatable bonds is 6. The van der Waals surface area contributed by atoms with Crippen molar-refractivity contribution in [1.29, 1.82) is 0 Å². The van der Waals surface area contributed by atoms with Crippen LogP contribution in [0.2, 0.25) is 0 Å². The van der Waals surface area contributed by atoms with Crippen molar-refractivity contribution < 1.29 is 14.3 Å². The zero-order valence-electron chi connectivity index (χ0n) is 13.0. The second kappa shape index (κ2) is 9.27. The average molecular weight is 288 g/mol. The molecule has 1 aliphatic rings. The first-order valence-corrected chi connectivity index (χ1v) is 7.07. The monoisotopic (exact) mass is 288 g/mol. The zero-order valence-corrected chi connectivity index (χ0v) is 13.0. The van der Waals surface area contributed by atoms with Crippen molar-refractivity contribution in [2.45, 2.75) is 27.1 Å². The molecule has 0 amide bonds. The summed E-state index contributed by atoms with van der Waals surface area (Å²) in [6.45, 7) is 7.69. The fraction of sp³-hybridized carbons (Fsp3) is 0.389. The van der Waals surface area contributed by atoms with Gasteiger partial charge < -0.3 is 9.47 Å². The van der Waals surface area contributed by atoms with Crippen LogP contribution < -0.4 is 0 Å². The van der Waals surface area contributed by atoms with Gasteiger partial charge in [0.25, 0.3) is 0 Å². The molecule has 1 rings (SSSR count). The molecule has 3 nitrogen and oxygen atoms in total. The van der Waals surface area contributed by atoms with Crippen molar-refractivity contribution in [3.63, 3.8) is 0 Å². The van der Waals surface area contributed by atoms with Gasteiger partial charge in [-0.15, -0.1) is 0 Å². The fourth-order valence-corrected chi connectivity index (χ4v) is 1.67. The Labute approximate surface area is 127 Å². The van der Waals surface area contributed by atoms with Crippen LogP contribution in [0.15, 0.2) is 60.3 Å². The second-order valence-corrected chi connectivity index (χ2v) is 5.70. The summed E-state index contributed by atoms with van der Waals surface area (Å²) in [5, 5.41) is 0. The summed E-state index contributed by atoms with van der Waals surface area (Å²) in [6.07, 6.45) is 17.0. The molecule has 1 heterocycles. The van der Waals surface area contributed by atoms with Crippen LogP contribution in [-0.2, 0) is 14.3 Å². The summed E-state index contributed by atoms with van der Waals surface area (Å²) in [7, 11) is 0. The molecule has 0 aliphatic carbocycles. The number of carbonyl (C=O) groups is 1. The van der Waals surface area contributed by atoms with Crippen LogP contribution in [0.5, 0.6) is 0 Å². The third kappa shape index (κ3) is 7.59. The van der Waals surface area contributed by atoms with E-state index in [0.717, 1.165) is 11.9 Å². The molecule has 0 spiro atoms. The summed E-state index contributed by atoms with van der Waals surface area (Å²) in [4.78, 5) is 10.0. The number of hydrogen-bond acceptors (Lipinski definition) is 3. The van der Waals surface area contributed by atoms with Crippen molar-refractivity contribution in [1.82, 2.24) is 0 Å². The molecule has 0 bridgehead atoms. The summed E-state index contributed by atoms with van der Waals surface area (Å²) in [5.74, 6) is 0. The second-order valence-electron chi connectivity index (χ2n) is 5.70. The Morgan fingerprint density at radius 2 is 1.38 bits per heavy atom. The smallest absolute Gasteiger partial charge is 0.179 e. The Morgan fingerprint density at radius 3 is 1.90 bits per heavy atom. The van der Waals surface area contributed by atoms with Crippen molar-refractivity contribution in [2.75, 3.05) is 13.2 Å². The molecule has 0 atom stereocenters. The van der Waals surface area contributed by atoms with Crippen LogP contribution in [0.4, 0.5) is 0 Å². The molecule has 1 aliphatic heterocycles. The van der Waals surface area contributed by atoms with E-state index in [2.05, 4.69) is 13.8 Å². The molecule has 0 radical (unpaired) electrons. The van der Waals surface area contributed by atoms with Crippen molar-refractivity contribution in [3.05, 3.63) is 60.3 Å². The van der Waals surface area contributed by atoms with E-state index in [4.69, 9.17) is 9.47 Å². The zero-order chi connectivity index (χ0) is 15.6. The number of aldehydes is 1. The van der Waals surface area contributed by atoms with Crippen LogP contribution in [-0.4, -0.2) is 25.8 Å². The minimum absolute atomic E-state index is 0.0972. The highest BCUT2D eigenvalue weighted by molar-refractivity contribution is 5.65. The minimum Gasteiger partial charge on any atom is -0.348 e. The summed E-state index contributed by atoms with van der Waals surface area (Å²) in [5.41, 5.74) is 1.15. The van der Waals surface area contributed by atoms with Crippen molar-refractivity contribution in [3.8, 4) is 0 Å². The van der Waals surface area contributed by atoms with Gasteiger partial charge in [0, 0.05) is 5.41 Å². The van der Waals surface area contributed by atoms with Gasteiger partial charge in [0.2, 0.25) is 0 Å². The maximum atomic E-state index is 10.0. The molecular weight excluding hydrogens is 264 g/mol. The Bertz CT molecular complexity index is 455. The lowest BCUT2D eigenvalue weighted by Gasteiger charge is -2.34. The van der Waals surface area contributed by atoms with Crippen LogP contribution in [0.25, 0.3) is 0 Å². The van der Waals surface area contributed by atoms with Crippen LogP contribution >= 0.6 is 0 Å². The van der Waals surface area contributed by atoms with E-state index in [9.17, 15) is 4.79 Å². The lowest BCUT2D eigenvalue weighted by atomic mass is 9.95. The average Bonchev–Trinajstić information content (AvgIpc) is 2.45. The molecule has 1 fully saturated rings. The third-order valence-electron chi connectivity index (χ3n) is 2.84. The fourth-order valence-electron chi connectivity index (χ4n) is 1.67. The normalized spacial score (nSPS) is 21.2.